The van der Waals surface area contributed by atoms with Gasteiger partial charge in [0, 0.05) is 13.6 Å². The molecule has 0 bridgehead atoms. The fourth-order valence-corrected chi connectivity index (χ4v) is 2.08. The van der Waals surface area contributed by atoms with Crippen molar-refractivity contribution in [2.45, 2.75) is 13.8 Å². The van der Waals surface area contributed by atoms with Crippen LogP contribution in [0.4, 0.5) is 4.39 Å². The number of benzene rings is 1. The van der Waals surface area contributed by atoms with E-state index < -0.39 is 0 Å². The molecular formula is C16H18FNO2. The van der Waals surface area contributed by atoms with Gasteiger partial charge in [-0.2, -0.15) is 0 Å². The maximum absolute atomic E-state index is 13.7. The van der Waals surface area contributed by atoms with Gasteiger partial charge in [-0.1, -0.05) is 26.0 Å². The molecule has 0 spiro atoms. The second-order valence-electron chi connectivity index (χ2n) is 5.22. The van der Waals surface area contributed by atoms with Crippen LogP contribution in [-0.2, 0) is 0 Å². The summed E-state index contributed by atoms with van der Waals surface area (Å²) in [5.74, 6) is 0.415. The average Bonchev–Trinajstić information content (AvgIpc) is 2.87. The molecule has 1 aromatic carbocycles. The summed E-state index contributed by atoms with van der Waals surface area (Å²) in [7, 11) is 1.73. The number of hydrogen-bond donors (Lipinski definition) is 0. The van der Waals surface area contributed by atoms with Crippen LogP contribution in [0.5, 0.6) is 0 Å². The van der Waals surface area contributed by atoms with Gasteiger partial charge in [-0.25, -0.2) is 4.39 Å². The first-order chi connectivity index (χ1) is 9.49. The summed E-state index contributed by atoms with van der Waals surface area (Å²) in [6.45, 7) is 4.72. The Labute approximate surface area is 118 Å². The summed E-state index contributed by atoms with van der Waals surface area (Å²) in [6.07, 6.45) is 0. The molecule has 0 N–H and O–H groups in total. The van der Waals surface area contributed by atoms with Crippen LogP contribution in [0.1, 0.15) is 24.4 Å². The predicted octanol–water partition coefficient (Wildman–Crippen LogP) is 3.81. The number of nitrogens with zero attached hydrogens (tertiary/aromatic N) is 1. The third-order valence-electron chi connectivity index (χ3n) is 2.94. The smallest absolute Gasteiger partial charge is 0.289 e. The third-order valence-corrected chi connectivity index (χ3v) is 2.94. The molecule has 4 heteroatoms. The monoisotopic (exact) mass is 275 g/mol. The number of carbonyl (C=O) groups is 1. The molecule has 106 valence electrons. The number of hydrogen-bond acceptors (Lipinski definition) is 2. The molecule has 0 atom stereocenters. The van der Waals surface area contributed by atoms with Gasteiger partial charge < -0.3 is 9.32 Å². The first-order valence-electron chi connectivity index (χ1n) is 6.59. The minimum Gasteiger partial charge on any atom is -0.451 e. The highest BCUT2D eigenvalue weighted by Gasteiger charge is 2.18. The molecular weight excluding hydrogens is 257 g/mol. The molecule has 0 saturated carbocycles. The van der Waals surface area contributed by atoms with Gasteiger partial charge in [0.2, 0.25) is 0 Å². The van der Waals surface area contributed by atoms with Crippen LogP contribution in [0.15, 0.2) is 40.8 Å². The summed E-state index contributed by atoms with van der Waals surface area (Å²) < 4.78 is 19.1. The van der Waals surface area contributed by atoms with Crippen molar-refractivity contribution in [3.05, 3.63) is 48.0 Å². The fraction of sp³-hybridized carbons (Fsp3) is 0.312. The maximum atomic E-state index is 13.7. The molecule has 0 aliphatic rings. The molecule has 0 aliphatic heterocycles. The van der Waals surface area contributed by atoms with Gasteiger partial charge in [0.25, 0.3) is 5.91 Å². The summed E-state index contributed by atoms with van der Waals surface area (Å²) in [5, 5.41) is 0. The molecule has 0 aliphatic carbocycles. The van der Waals surface area contributed by atoms with Crippen molar-refractivity contribution in [3.8, 4) is 11.3 Å². The second kappa shape index (κ2) is 5.90. The van der Waals surface area contributed by atoms with Gasteiger partial charge in [0.15, 0.2) is 5.76 Å². The zero-order valence-corrected chi connectivity index (χ0v) is 11.9. The van der Waals surface area contributed by atoms with Gasteiger partial charge in [-0.05, 0) is 30.2 Å². The number of carbonyl (C=O) groups excluding carboxylic acids is 1. The molecule has 20 heavy (non-hydrogen) atoms. The van der Waals surface area contributed by atoms with Crippen molar-refractivity contribution >= 4 is 5.91 Å². The molecule has 1 aromatic heterocycles. The Balaban J connectivity index is 2.21. The van der Waals surface area contributed by atoms with E-state index in [1.807, 2.05) is 13.8 Å². The Morgan fingerprint density at radius 2 is 1.95 bits per heavy atom. The highest BCUT2D eigenvalue weighted by Crippen LogP contribution is 2.25. The molecule has 1 amide bonds. The zero-order chi connectivity index (χ0) is 14.7. The van der Waals surface area contributed by atoms with Gasteiger partial charge in [-0.3, -0.25) is 4.79 Å². The standard InChI is InChI=1S/C16H18FNO2/c1-11(2)10-18(3)16(19)15-9-8-14(20-15)12-6-4-5-7-13(12)17/h4-9,11H,10H2,1-3H3. The molecule has 0 unspecified atom stereocenters. The van der Waals surface area contributed by atoms with E-state index in [-0.39, 0.29) is 17.5 Å². The van der Waals surface area contributed by atoms with Crippen LogP contribution in [-0.4, -0.2) is 24.4 Å². The van der Waals surface area contributed by atoms with Crippen LogP contribution < -0.4 is 0 Å². The third kappa shape index (κ3) is 3.07. The highest BCUT2D eigenvalue weighted by atomic mass is 19.1. The van der Waals surface area contributed by atoms with Gasteiger partial charge in [0.1, 0.15) is 11.6 Å². The number of halogens is 1. The van der Waals surface area contributed by atoms with Crippen LogP contribution in [0.3, 0.4) is 0 Å². The summed E-state index contributed by atoms with van der Waals surface area (Å²) in [5.41, 5.74) is 0.359. The lowest BCUT2D eigenvalue weighted by molar-refractivity contribution is 0.0748. The summed E-state index contributed by atoms with van der Waals surface area (Å²) in [6, 6.07) is 9.54. The lowest BCUT2D eigenvalue weighted by Crippen LogP contribution is -2.29. The lowest BCUT2D eigenvalue weighted by atomic mass is 10.1. The normalized spacial score (nSPS) is 10.8. The predicted molar refractivity (Wildman–Crippen MR) is 75.9 cm³/mol. The van der Waals surface area contributed by atoms with Crippen molar-refractivity contribution in [1.29, 1.82) is 0 Å². The molecule has 2 aromatic rings. The van der Waals surface area contributed by atoms with E-state index in [1.165, 1.54) is 6.07 Å². The molecule has 0 radical (unpaired) electrons. The Morgan fingerprint density at radius 3 is 2.60 bits per heavy atom. The van der Waals surface area contributed by atoms with E-state index in [4.69, 9.17) is 4.42 Å². The summed E-state index contributed by atoms with van der Waals surface area (Å²) in [4.78, 5) is 13.8. The quantitative estimate of drug-likeness (QED) is 0.850. The van der Waals surface area contributed by atoms with Crippen molar-refractivity contribution < 1.29 is 13.6 Å². The van der Waals surface area contributed by atoms with E-state index in [2.05, 4.69) is 0 Å². The SMILES string of the molecule is CC(C)CN(C)C(=O)c1ccc(-c2ccccc2F)o1. The maximum Gasteiger partial charge on any atom is 0.289 e. The Kier molecular flexibility index (Phi) is 4.23. The minimum atomic E-state index is -0.364. The Bertz CT molecular complexity index is 604. The van der Waals surface area contributed by atoms with Gasteiger partial charge in [-0.15, -0.1) is 0 Å². The molecule has 0 fully saturated rings. The Morgan fingerprint density at radius 1 is 1.25 bits per heavy atom. The topological polar surface area (TPSA) is 33.5 Å². The molecule has 1 heterocycles. The van der Waals surface area contributed by atoms with Crippen molar-refractivity contribution in [1.82, 2.24) is 4.90 Å². The minimum absolute atomic E-state index is 0.193. The van der Waals surface area contributed by atoms with Crippen molar-refractivity contribution in [3.63, 3.8) is 0 Å². The molecule has 2 rings (SSSR count). The van der Waals surface area contributed by atoms with Crippen molar-refractivity contribution in [2.75, 3.05) is 13.6 Å². The van der Waals surface area contributed by atoms with Gasteiger partial charge in [0.05, 0.1) is 5.56 Å². The largest absolute Gasteiger partial charge is 0.451 e. The van der Waals surface area contributed by atoms with Crippen LogP contribution in [0.25, 0.3) is 11.3 Å². The average molecular weight is 275 g/mol. The first kappa shape index (κ1) is 14.3. The van der Waals surface area contributed by atoms with E-state index in [0.29, 0.717) is 23.8 Å². The van der Waals surface area contributed by atoms with E-state index >= 15 is 0 Å². The fourth-order valence-electron chi connectivity index (χ4n) is 2.08. The van der Waals surface area contributed by atoms with Crippen LogP contribution in [0.2, 0.25) is 0 Å². The Hall–Kier alpha value is -2.10. The van der Waals surface area contributed by atoms with Crippen molar-refractivity contribution in [2.24, 2.45) is 5.92 Å². The molecule has 0 saturated heterocycles. The van der Waals surface area contributed by atoms with Gasteiger partial charge >= 0.3 is 0 Å². The van der Waals surface area contributed by atoms with E-state index in [1.54, 1.807) is 42.3 Å². The van der Waals surface area contributed by atoms with Crippen LogP contribution in [0, 0.1) is 11.7 Å². The van der Waals surface area contributed by atoms with Crippen LogP contribution >= 0.6 is 0 Å². The second-order valence-corrected chi connectivity index (χ2v) is 5.22. The highest BCUT2D eigenvalue weighted by molar-refractivity contribution is 5.91. The number of furan rings is 1. The zero-order valence-electron chi connectivity index (χ0n) is 11.9. The number of amides is 1. The molecule has 3 nitrogen and oxygen atoms in total. The number of rotatable bonds is 4. The van der Waals surface area contributed by atoms with E-state index in [0.717, 1.165) is 0 Å². The first-order valence-corrected chi connectivity index (χ1v) is 6.59. The lowest BCUT2D eigenvalue weighted by Gasteiger charge is -2.17. The van der Waals surface area contributed by atoms with E-state index in [9.17, 15) is 9.18 Å². The summed E-state index contributed by atoms with van der Waals surface area (Å²) >= 11 is 0.